The number of benzene rings is 1. The molecule has 1 saturated heterocycles. The second kappa shape index (κ2) is 8.35. The third-order valence-corrected chi connectivity index (χ3v) is 4.82. The fourth-order valence-corrected chi connectivity index (χ4v) is 3.11. The molecule has 7 heteroatoms. The third kappa shape index (κ3) is 4.74. The second-order valence-corrected chi connectivity index (χ2v) is 7.01. The van der Waals surface area contributed by atoms with Gasteiger partial charge in [-0.1, -0.05) is 6.92 Å². The molecule has 0 bridgehead atoms. The van der Waals surface area contributed by atoms with E-state index in [2.05, 4.69) is 32.0 Å². The van der Waals surface area contributed by atoms with Crippen molar-refractivity contribution in [3.8, 4) is 0 Å². The molecule has 1 amide bonds. The van der Waals surface area contributed by atoms with Gasteiger partial charge in [0.25, 0.3) is 5.91 Å². The van der Waals surface area contributed by atoms with Gasteiger partial charge in [0, 0.05) is 57.3 Å². The van der Waals surface area contributed by atoms with Crippen molar-refractivity contribution in [3.05, 3.63) is 41.7 Å². The molecule has 1 aliphatic rings. The van der Waals surface area contributed by atoms with Crippen molar-refractivity contribution in [2.45, 2.75) is 13.8 Å². The Morgan fingerprint density at radius 3 is 2.37 bits per heavy atom. The Labute approximate surface area is 161 Å². The molecule has 0 unspecified atom stereocenters. The first-order chi connectivity index (χ1) is 13.0. The molecule has 1 N–H and O–H groups in total. The predicted octanol–water partition coefficient (Wildman–Crippen LogP) is 2.25. The summed E-state index contributed by atoms with van der Waals surface area (Å²) < 4.78 is 0. The highest BCUT2D eigenvalue weighted by Crippen LogP contribution is 2.17. The number of nitrogens with one attached hydrogen (secondary N) is 1. The number of carbonyl (C=O) groups excluding carboxylic acids is 1. The van der Waals surface area contributed by atoms with Crippen LogP contribution >= 0.6 is 0 Å². The van der Waals surface area contributed by atoms with Gasteiger partial charge in [0.05, 0.1) is 0 Å². The summed E-state index contributed by atoms with van der Waals surface area (Å²) in [6, 6.07) is 9.46. The molecule has 0 radical (unpaired) electrons. The van der Waals surface area contributed by atoms with Crippen LogP contribution in [0.25, 0.3) is 0 Å². The monoisotopic (exact) mass is 368 g/mol. The Morgan fingerprint density at radius 2 is 1.78 bits per heavy atom. The summed E-state index contributed by atoms with van der Waals surface area (Å²) >= 11 is 0. The molecule has 0 spiro atoms. The molecule has 2 heterocycles. The van der Waals surface area contributed by atoms with E-state index >= 15 is 0 Å². The van der Waals surface area contributed by atoms with E-state index in [4.69, 9.17) is 0 Å². The Kier molecular flexibility index (Phi) is 5.91. The highest BCUT2D eigenvalue weighted by atomic mass is 16.1. The zero-order valence-electron chi connectivity index (χ0n) is 16.6. The molecular weight excluding hydrogens is 340 g/mol. The minimum absolute atomic E-state index is 0.216. The number of amides is 1. The summed E-state index contributed by atoms with van der Waals surface area (Å²) in [6.07, 6.45) is 0. The van der Waals surface area contributed by atoms with E-state index < -0.39 is 0 Å². The van der Waals surface area contributed by atoms with E-state index in [0.29, 0.717) is 11.6 Å². The molecule has 1 aromatic carbocycles. The lowest BCUT2D eigenvalue weighted by atomic mass is 10.2. The van der Waals surface area contributed by atoms with Gasteiger partial charge in [-0.3, -0.25) is 4.79 Å². The molecule has 1 aliphatic heterocycles. The summed E-state index contributed by atoms with van der Waals surface area (Å²) in [5, 5.41) is 2.92. The SMILES string of the molecule is CCN1CCN(c2nc(C)cc(C(=O)Nc3ccc(N(C)C)cc3)n2)CC1. The van der Waals surface area contributed by atoms with Gasteiger partial charge in [0.1, 0.15) is 5.69 Å². The lowest BCUT2D eigenvalue weighted by Crippen LogP contribution is -2.47. The molecule has 0 atom stereocenters. The maximum atomic E-state index is 12.7. The molecule has 0 saturated carbocycles. The Bertz CT molecular complexity index is 782. The molecule has 7 nitrogen and oxygen atoms in total. The summed E-state index contributed by atoms with van der Waals surface area (Å²) in [4.78, 5) is 28.3. The van der Waals surface area contributed by atoms with Crippen LogP contribution in [0.1, 0.15) is 23.1 Å². The summed E-state index contributed by atoms with van der Waals surface area (Å²) in [7, 11) is 3.97. The Balaban J connectivity index is 1.72. The normalized spacial score (nSPS) is 14.9. The number of aryl methyl sites for hydroxylation is 1. The molecule has 0 aliphatic carbocycles. The van der Waals surface area contributed by atoms with Crippen molar-refractivity contribution in [1.29, 1.82) is 0 Å². The molecule has 1 fully saturated rings. The van der Waals surface area contributed by atoms with Crippen LogP contribution in [0.15, 0.2) is 30.3 Å². The smallest absolute Gasteiger partial charge is 0.274 e. The summed E-state index contributed by atoms with van der Waals surface area (Å²) in [5.41, 5.74) is 3.03. The topological polar surface area (TPSA) is 64.6 Å². The molecule has 144 valence electrons. The van der Waals surface area contributed by atoms with E-state index in [-0.39, 0.29) is 5.91 Å². The summed E-state index contributed by atoms with van der Waals surface area (Å²) in [5.74, 6) is 0.422. The van der Waals surface area contributed by atoms with Crippen molar-refractivity contribution in [2.24, 2.45) is 0 Å². The van der Waals surface area contributed by atoms with Crippen LogP contribution < -0.4 is 15.1 Å². The molecule has 2 aromatic rings. The fourth-order valence-electron chi connectivity index (χ4n) is 3.11. The van der Waals surface area contributed by atoms with Gasteiger partial charge in [-0.05, 0) is 43.8 Å². The van der Waals surface area contributed by atoms with Gasteiger partial charge in [-0.15, -0.1) is 0 Å². The Hall–Kier alpha value is -2.67. The molecule has 27 heavy (non-hydrogen) atoms. The van der Waals surface area contributed by atoms with Crippen LogP contribution in [0.2, 0.25) is 0 Å². The van der Waals surface area contributed by atoms with Crippen LogP contribution in [0, 0.1) is 6.92 Å². The van der Waals surface area contributed by atoms with Gasteiger partial charge in [0.2, 0.25) is 5.95 Å². The average Bonchev–Trinajstić information content (AvgIpc) is 2.68. The maximum absolute atomic E-state index is 12.7. The fraction of sp³-hybridized carbons (Fsp3) is 0.450. The number of aromatic nitrogens is 2. The van der Waals surface area contributed by atoms with Crippen molar-refractivity contribution in [3.63, 3.8) is 0 Å². The van der Waals surface area contributed by atoms with Crippen molar-refractivity contribution in [2.75, 3.05) is 61.9 Å². The van der Waals surface area contributed by atoms with Crippen LogP contribution in [0.4, 0.5) is 17.3 Å². The average molecular weight is 368 g/mol. The van der Waals surface area contributed by atoms with Gasteiger partial charge in [0.15, 0.2) is 0 Å². The van der Waals surface area contributed by atoms with Crippen molar-refractivity contribution >= 4 is 23.2 Å². The first kappa shape index (κ1) is 19.1. The molecule has 1 aromatic heterocycles. The van der Waals surface area contributed by atoms with Gasteiger partial charge >= 0.3 is 0 Å². The number of rotatable bonds is 5. The van der Waals surface area contributed by atoms with E-state index in [1.165, 1.54) is 0 Å². The van der Waals surface area contributed by atoms with Gasteiger partial charge in [-0.25, -0.2) is 9.97 Å². The Morgan fingerprint density at radius 1 is 1.11 bits per heavy atom. The standard InChI is InChI=1S/C20H28N6O/c1-5-25-10-12-26(13-11-25)20-21-15(2)14-18(23-20)19(27)22-16-6-8-17(9-7-16)24(3)4/h6-9,14H,5,10-13H2,1-4H3,(H,22,27). The maximum Gasteiger partial charge on any atom is 0.274 e. The van der Waals surface area contributed by atoms with Crippen molar-refractivity contribution in [1.82, 2.24) is 14.9 Å². The first-order valence-electron chi connectivity index (χ1n) is 9.38. The number of anilines is 3. The van der Waals surface area contributed by atoms with E-state index in [1.54, 1.807) is 6.07 Å². The minimum atomic E-state index is -0.216. The quantitative estimate of drug-likeness (QED) is 0.873. The zero-order chi connectivity index (χ0) is 19.4. The van der Waals surface area contributed by atoms with Crippen LogP contribution in [0.5, 0.6) is 0 Å². The highest BCUT2D eigenvalue weighted by molar-refractivity contribution is 6.03. The van der Waals surface area contributed by atoms with E-state index in [1.807, 2.05) is 50.2 Å². The molecular formula is C20H28N6O. The number of carbonyl (C=O) groups is 1. The molecule has 3 rings (SSSR count). The summed E-state index contributed by atoms with van der Waals surface area (Å²) in [6.45, 7) is 8.88. The van der Waals surface area contributed by atoms with Crippen LogP contribution in [-0.4, -0.2) is 67.6 Å². The van der Waals surface area contributed by atoms with Crippen LogP contribution in [0.3, 0.4) is 0 Å². The number of hydrogen-bond acceptors (Lipinski definition) is 6. The van der Waals surface area contributed by atoms with Gasteiger partial charge in [-0.2, -0.15) is 0 Å². The van der Waals surface area contributed by atoms with Gasteiger partial charge < -0.3 is 20.0 Å². The van der Waals surface area contributed by atoms with E-state index in [0.717, 1.165) is 49.8 Å². The van der Waals surface area contributed by atoms with E-state index in [9.17, 15) is 4.79 Å². The highest BCUT2D eigenvalue weighted by Gasteiger charge is 2.20. The lowest BCUT2D eigenvalue weighted by Gasteiger charge is -2.34. The lowest BCUT2D eigenvalue weighted by molar-refractivity contribution is 0.102. The predicted molar refractivity (Wildman–Crippen MR) is 110 cm³/mol. The number of likely N-dealkylation sites (N-methyl/N-ethyl adjacent to an activating group) is 1. The number of hydrogen-bond donors (Lipinski definition) is 1. The van der Waals surface area contributed by atoms with Crippen LogP contribution in [-0.2, 0) is 0 Å². The second-order valence-electron chi connectivity index (χ2n) is 7.01. The largest absolute Gasteiger partial charge is 0.378 e. The first-order valence-corrected chi connectivity index (χ1v) is 9.38. The van der Waals surface area contributed by atoms with Crippen molar-refractivity contribution < 1.29 is 4.79 Å². The number of piperazine rings is 1. The third-order valence-electron chi connectivity index (χ3n) is 4.82. The minimum Gasteiger partial charge on any atom is -0.378 e. The zero-order valence-corrected chi connectivity index (χ0v) is 16.6. The number of nitrogens with zero attached hydrogens (tertiary/aromatic N) is 5.